The van der Waals surface area contributed by atoms with Gasteiger partial charge >= 0.3 is 0 Å². The molecule has 2 aromatic rings. The highest BCUT2D eigenvalue weighted by molar-refractivity contribution is 5.89. The SMILES string of the molecule is CC(=O)Nc1nc(O)c2[nH]c(C)cc2n1. The summed E-state index contributed by atoms with van der Waals surface area (Å²) in [7, 11) is 0. The van der Waals surface area contributed by atoms with Gasteiger partial charge in [0, 0.05) is 12.6 Å². The molecule has 0 saturated heterocycles. The zero-order valence-corrected chi connectivity index (χ0v) is 8.33. The molecule has 3 N–H and O–H groups in total. The van der Waals surface area contributed by atoms with Crippen molar-refractivity contribution in [2.24, 2.45) is 0 Å². The maximum atomic E-state index is 10.8. The normalized spacial score (nSPS) is 10.5. The minimum absolute atomic E-state index is 0.103. The van der Waals surface area contributed by atoms with E-state index in [1.165, 1.54) is 6.92 Å². The van der Waals surface area contributed by atoms with Crippen molar-refractivity contribution in [1.29, 1.82) is 0 Å². The molecular weight excluding hydrogens is 196 g/mol. The summed E-state index contributed by atoms with van der Waals surface area (Å²) in [5.41, 5.74) is 1.92. The Morgan fingerprint density at radius 2 is 2.27 bits per heavy atom. The molecule has 0 aromatic carbocycles. The lowest BCUT2D eigenvalue weighted by Crippen LogP contribution is -2.09. The van der Waals surface area contributed by atoms with Crippen molar-refractivity contribution in [3.63, 3.8) is 0 Å². The smallest absolute Gasteiger partial charge is 0.240 e. The van der Waals surface area contributed by atoms with E-state index < -0.39 is 0 Å². The van der Waals surface area contributed by atoms with Crippen molar-refractivity contribution in [2.75, 3.05) is 5.32 Å². The fourth-order valence-corrected chi connectivity index (χ4v) is 1.34. The van der Waals surface area contributed by atoms with Crippen molar-refractivity contribution in [1.82, 2.24) is 15.0 Å². The second-order valence-corrected chi connectivity index (χ2v) is 3.26. The Morgan fingerprint density at radius 3 is 2.93 bits per heavy atom. The molecule has 1 amide bonds. The molecule has 0 bridgehead atoms. The largest absolute Gasteiger partial charge is 0.492 e. The van der Waals surface area contributed by atoms with Crippen LogP contribution in [0.25, 0.3) is 11.0 Å². The van der Waals surface area contributed by atoms with E-state index in [1.54, 1.807) is 6.07 Å². The molecule has 2 heterocycles. The molecule has 78 valence electrons. The second-order valence-electron chi connectivity index (χ2n) is 3.26. The predicted molar refractivity (Wildman–Crippen MR) is 54.6 cm³/mol. The quantitative estimate of drug-likeness (QED) is 0.647. The zero-order valence-electron chi connectivity index (χ0n) is 8.33. The monoisotopic (exact) mass is 206 g/mol. The standard InChI is InChI=1S/C9H10N4O2/c1-4-3-6-7(10-4)8(15)13-9(12-6)11-5(2)14/h3,10H,1-2H3,(H2,11,12,13,14,15). The minimum Gasteiger partial charge on any atom is -0.492 e. The molecule has 0 aliphatic carbocycles. The van der Waals surface area contributed by atoms with Gasteiger partial charge in [-0.2, -0.15) is 4.98 Å². The zero-order chi connectivity index (χ0) is 11.0. The van der Waals surface area contributed by atoms with E-state index in [-0.39, 0.29) is 17.7 Å². The summed E-state index contributed by atoms with van der Waals surface area (Å²) in [5.74, 6) is -0.343. The molecule has 0 unspecified atom stereocenters. The van der Waals surface area contributed by atoms with E-state index in [9.17, 15) is 9.90 Å². The number of fused-ring (bicyclic) bond motifs is 1. The Morgan fingerprint density at radius 1 is 1.53 bits per heavy atom. The molecule has 0 atom stereocenters. The molecule has 2 rings (SSSR count). The Kier molecular flexibility index (Phi) is 2.03. The number of hydrogen-bond acceptors (Lipinski definition) is 4. The molecule has 0 spiro atoms. The predicted octanol–water partition coefficient (Wildman–Crippen LogP) is 0.930. The highest BCUT2D eigenvalue weighted by Crippen LogP contribution is 2.22. The van der Waals surface area contributed by atoms with Crippen molar-refractivity contribution >= 4 is 22.9 Å². The number of rotatable bonds is 1. The number of amides is 1. The van der Waals surface area contributed by atoms with Crippen molar-refractivity contribution in [3.8, 4) is 5.88 Å². The van der Waals surface area contributed by atoms with Gasteiger partial charge in [0.2, 0.25) is 17.7 Å². The van der Waals surface area contributed by atoms with Gasteiger partial charge in [0.1, 0.15) is 5.52 Å². The number of carbonyl (C=O) groups is 1. The number of aromatic hydroxyl groups is 1. The van der Waals surface area contributed by atoms with Crippen molar-refractivity contribution in [2.45, 2.75) is 13.8 Å². The lowest BCUT2D eigenvalue weighted by Gasteiger charge is -2.00. The molecule has 0 saturated carbocycles. The average Bonchev–Trinajstić information content (AvgIpc) is 2.44. The van der Waals surface area contributed by atoms with Crippen LogP contribution in [0, 0.1) is 6.92 Å². The lowest BCUT2D eigenvalue weighted by molar-refractivity contribution is -0.114. The van der Waals surface area contributed by atoms with Crippen LogP contribution in [0.3, 0.4) is 0 Å². The summed E-state index contributed by atoms with van der Waals surface area (Å²) in [5, 5.41) is 12.0. The van der Waals surface area contributed by atoms with Crippen LogP contribution in [0.4, 0.5) is 5.95 Å². The molecule has 6 nitrogen and oxygen atoms in total. The van der Waals surface area contributed by atoms with Gasteiger partial charge in [-0.05, 0) is 13.0 Å². The second kappa shape index (κ2) is 3.23. The van der Waals surface area contributed by atoms with Gasteiger partial charge in [-0.3, -0.25) is 10.1 Å². The fraction of sp³-hybridized carbons (Fsp3) is 0.222. The van der Waals surface area contributed by atoms with Crippen LogP contribution in [0.15, 0.2) is 6.07 Å². The third-order valence-electron chi connectivity index (χ3n) is 1.88. The van der Waals surface area contributed by atoms with E-state index in [1.807, 2.05) is 6.92 Å². The van der Waals surface area contributed by atoms with Gasteiger partial charge in [0.15, 0.2) is 0 Å². The number of nitrogens with zero attached hydrogens (tertiary/aromatic N) is 2. The number of aromatic nitrogens is 3. The van der Waals surface area contributed by atoms with Crippen LogP contribution in [0.1, 0.15) is 12.6 Å². The lowest BCUT2D eigenvalue weighted by atomic mass is 10.4. The molecule has 15 heavy (non-hydrogen) atoms. The van der Waals surface area contributed by atoms with Crippen LogP contribution in [0.5, 0.6) is 5.88 Å². The van der Waals surface area contributed by atoms with Gasteiger partial charge in [-0.15, -0.1) is 0 Å². The van der Waals surface area contributed by atoms with Crippen LogP contribution in [0.2, 0.25) is 0 Å². The van der Waals surface area contributed by atoms with E-state index in [0.717, 1.165) is 5.69 Å². The van der Waals surface area contributed by atoms with Crippen LogP contribution in [-0.4, -0.2) is 26.0 Å². The number of hydrogen-bond donors (Lipinski definition) is 3. The summed E-state index contributed by atoms with van der Waals surface area (Å²) in [6.07, 6.45) is 0. The molecule has 0 aliphatic rings. The molecule has 2 aromatic heterocycles. The molecular formula is C9H10N4O2. The first-order valence-electron chi connectivity index (χ1n) is 4.40. The third kappa shape index (κ3) is 1.74. The van der Waals surface area contributed by atoms with Crippen LogP contribution < -0.4 is 5.32 Å². The summed E-state index contributed by atoms with van der Waals surface area (Å²) in [4.78, 5) is 21.5. The minimum atomic E-state index is -0.277. The van der Waals surface area contributed by atoms with Gasteiger partial charge in [-0.1, -0.05) is 0 Å². The first-order chi connectivity index (χ1) is 7.06. The van der Waals surface area contributed by atoms with E-state index >= 15 is 0 Å². The maximum absolute atomic E-state index is 10.8. The number of carbonyl (C=O) groups excluding carboxylic acids is 1. The highest BCUT2D eigenvalue weighted by atomic mass is 16.3. The van der Waals surface area contributed by atoms with Gasteiger partial charge in [0.25, 0.3) is 0 Å². The first kappa shape index (κ1) is 9.45. The number of anilines is 1. The summed E-state index contributed by atoms with van der Waals surface area (Å²) in [6.45, 7) is 3.20. The molecule has 0 fully saturated rings. The van der Waals surface area contributed by atoms with Gasteiger partial charge in [0.05, 0.1) is 5.52 Å². The number of H-pyrrole nitrogens is 1. The summed E-state index contributed by atoms with van der Waals surface area (Å²) in [6, 6.07) is 1.77. The summed E-state index contributed by atoms with van der Waals surface area (Å²) < 4.78 is 0. The van der Waals surface area contributed by atoms with Crippen molar-refractivity contribution < 1.29 is 9.90 Å². The Balaban J connectivity index is 2.56. The fourth-order valence-electron chi connectivity index (χ4n) is 1.34. The Hall–Kier alpha value is -2.11. The number of nitrogens with one attached hydrogen (secondary N) is 2. The number of aromatic amines is 1. The molecule has 0 radical (unpaired) electrons. The topological polar surface area (TPSA) is 90.9 Å². The maximum Gasteiger partial charge on any atom is 0.240 e. The van der Waals surface area contributed by atoms with Gasteiger partial charge in [-0.25, -0.2) is 4.98 Å². The first-order valence-corrected chi connectivity index (χ1v) is 4.40. The van der Waals surface area contributed by atoms with Crippen molar-refractivity contribution in [3.05, 3.63) is 11.8 Å². The average molecular weight is 206 g/mol. The Labute approximate surface area is 85.4 Å². The molecule has 0 aliphatic heterocycles. The summed E-state index contributed by atoms with van der Waals surface area (Å²) >= 11 is 0. The third-order valence-corrected chi connectivity index (χ3v) is 1.88. The van der Waals surface area contributed by atoms with Crippen LogP contribution >= 0.6 is 0 Å². The van der Waals surface area contributed by atoms with E-state index in [2.05, 4.69) is 20.3 Å². The van der Waals surface area contributed by atoms with E-state index in [4.69, 9.17) is 0 Å². The number of aryl methyl sites for hydroxylation is 1. The van der Waals surface area contributed by atoms with E-state index in [0.29, 0.717) is 11.0 Å². The van der Waals surface area contributed by atoms with Gasteiger partial charge < -0.3 is 10.1 Å². The highest BCUT2D eigenvalue weighted by Gasteiger charge is 2.09. The Bertz CT molecular complexity index is 532. The molecule has 6 heteroatoms. The van der Waals surface area contributed by atoms with Crippen LogP contribution in [-0.2, 0) is 4.79 Å².